The molecule has 0 unspecified atom stereocenters. The van der Waals surface area contributed by atoms with Crippen molar-refractivity contribution in [1.29, 1.82) is 0 Å². The molecule has 1 fully saturated rings. The van der Waals surface area contributed by atoms with Crippen LogP contribution < -0.4 is 5.32 Å². The Kier molecular flexibility index (Phi) is 5.05. The molecule has 1 N–H and O–H groups in total. The fourth-order valence-corrected chi connectivity index (χ4v) is 5.38. The summed E-state index contributed by atoms with van der Waals surface area (Å²) in [6.45, 7) is 1.84. The summed E-state index contributed by atoms with van der Waals surface area (Å²) >= 11 is 1.70. The molecule has 1 amide bonds. The van der Waals surface area contributed by atoms with Crippen LogP contribution in [0.4, 0.5) is 5.82 Å². The van der Waals surface area contributed by atoms with Gasteiger partial charge in [-0.2, -0.15) is 5.10 Å². The summed E-state index contributed by atoms with van der Waals surface area (Å²) in [7, 11) is -2.99. The maximum Gasteiger partial charge on any atom is 0.225 e. The summed E-state index contributed by atoms with van der Waals surface area (Å²) in [5, 5.41) is 9.29. The molecule has 0 saturated carbocycles. The summed E-state index contributed by atoms with van der Waals surface area (Å²) in [6, 6.07) is 5.69. The molecule has 3 rings (SSSR count). The van der Waals surface area contributed by atoms with E-state index in [4.69, 9.17) is 0 Å². The van der Waals surface area contributed by atoms with Gasteiger partial charge in [0.2, 0.25) is 5.91 Å². The van der Waals surface area contributed by atoms with Gasteiger partial charge in [-0.25, -0.2) is 13.1 Å². The predicted octanol–water partition coefficient (Wildman–Crippen LogP) is 2.57. The molecule has 1 aliphatic rings. The van der Waals surface area contributed by atoms with Crippen LogP contribution in [0, 0.1) is 6.92 Å². The van der Waals surface area contributed by atoms with Crippen LogP contribution in [0.2, 0.25) is 0 Å². The average Bonchev–Trinajstić information content (AvgIpc) is 3.20. The molecule has 0 spiro atoms. The Morgan fingerprint density at radius 3 is 3.00 bits per heavy atom. The average molecular weight is 367 g/mol. The maximum atomic E-state index is 12.2. The number of carbonyl (C=O) groups excluding carboxylic acids is 1. The van der Waals surface area contributed by atoms with E-state index in [0.717, 1.165) is 18.5 Å². The number of aromatic nitrogens is 2. The number of amides is 1. The lowest BCUT2D eigenvalue weighted by molar-refractivity contribution is -0.116. The number of hydrogen-bond donors (Lipinski definition) is 1. The number of anilines is 1. The number of thiophene rings is 1. The van der Waals surface area contributed by atoms with Crippen LogP contribution in [0.15, 0.2) is 23.6 Å². The molecule has 1 aliphatic heterocycles. The van der Waals surface area contributed by atoms with Crippen molar-refractivity contribution >= 4 is 32.9 Å². The van der Waals surface area contributed by atoms with Crippen molar-refractivity contribution in [1.82, 2.24) is 9.78 Å². The Morgan fingerprint density at radius 2 is 2.33 bits per heavy atom. The first-order chi connectivity index (χ1) is 11.4. The van der Waals surface area contributed by atoms with Gasteiger partial charge in [0.25, 0.3) is 0 Å². The van der Waals surface area contributed by atoms with Crippen LogP contribution in [0.25, 0.3) is 0 Å². The number of aryl methyl sites for hydroxylation is 2. The van der Waals surface area contributed by atoms with E-state index in [0.29, 0.717) is 18.7 Å². The summed E-state index contributed by atoms with van der Waals surface area (Å²) in [5.74, 6) is 0.810. The van der Waals surface area contributed by atoms with E-state index in [1.54, 1.807) is 22.1 Å². The fraction of sp³-hybridized carbons (Fsp3) is 0.500. The second-order valence-electron chi connectivity index (χ2n) is 6.15. The minimum absolute atomic E-state index is 0.0615. The third-order valence-electron chi connectivity index (χ3n) is 4.09. The molecule has 0 aliphatic carbocycles. The summed E-state index contributed by atoms with van der Waals surface area (Å²) < 4.78 is 25.0. The number of rotatable bonds is 6. The molecule has 0 aromatic carbocycles. The Labute approximate surface area is 145 Å². The minimum atomic E-state index is -2.99. The third kappa shape index (κ3) is 4.24. The van der Waals surface area contributed by atoms with E-state index >= 15 is 0 Å². The van der Waals surface area contributed by atoms with Gasteiger partial charge >= 0.3 is 0 Å². The summed E-state index contributed by atoms with van der Waals surface area (Å²) in [4.78, 5) is 13.5. The van der Waals surface area contributed by atoms with Crippen LogP contribution in [0.5, 0.6) is 0 Å². The predicted molar refractivity (Wildman–Crippen MR) is 95.2 cm³/mol. The Morgan fingerprint density at radius 1 is 1.50 bits per heavy atom. The summed E-state index contributed by atoms with van der Waals surface area (Å²) in [6.07, 6.45) is 2.66. The number of sulfone groups is 1. The zero-order chi connectivity index (χ0) is 17.2. The second kappa shape index (κ2) is 7.06. The zero-order valence-electron chi connectivity index (χ0n) is 13.6. The van der Waals surface area contributed by atoms with E-state index in [9.17, 15) is 13.2 Å². The molecular weight excluding hydrogens is 346 g/mol. The van der Waals surface area contributed by atoms with Crippen molar-refractivity contribution in [2.24, 2.45) is 0 Å². The molecule has 2 aromatic rings. The second-order valence-corrected chi connectivity index (χ2v) is 9.41. The molecule has 24 heavy (non-hydrogen) atoms. The van der Waals surface area contributed by atoms with Gasteiger partial charge < -0.3 is 5.32 Å². The largest absolute Gasteiger partial charge is 0.311 e. The van der Waals surface area contributed by atoms with Crippen LogP contribution in [0.3, 0.4) is 0 Å². The van der Waals surface area contributed by atoms with Gasteiger partial charge in [0.1, 0.15) is 5.82 Å². The highest BCUT2D eigenvalue weighted by Gasteiger charge is 2.31. The molecule has 8 heteroatoms. The number of nitrogens with zero attached hydrogens (tertiary/aromatic N) is 2. The highest BCUT2D eigenvalue weighted by molar-refractivity contribution is 7.91. The van der Waals surface area contributed by atoms with Crippen molar-refractivity contribution < 1.29 is 13.2 Å². The smallest absolute Gasteiger partial charge is 0.225 e. The van der Waals surface area contributed by atoms with Crippen molar-refractivity contribution in [2.75, 3.05) is 16.8 Å². The lowest BCUT2D eigenvalue weighted by Crippen LogP contribution is -2.19. The standard InChI is InChI=1S/C16H21N3O3S2/c1-12-10-15(19(18-12)13-7-9-24(21,22)11-13)17-16(20)6-2-4-14-5-3-8-23-14/h3,5,8,10,13H,2,4,6-7,9,11H2,1H3,(H,17,20)/t13-/m1/s1. The van der Waals surface area contributed by atoms with E-state index in [1.807, 2.05) is 18.4 Å². The number of carbonyl (C=O) groups is 1. The van der Waals surface area contributed by atoms with E-state index in [1.165, 1.54) is 4.88 Å². The van der Waals surface area contributed by atoms with Gasteiger partial charge in [0.05, 0.1) is 23.2 Å². The molecule has 130 valence electrons. The monoisotopic (exact) mass is 367 g/mol. The number of hydrogen-bond acceptors (Lipinski definition) is 5. The van der Waals surface area contributed by atoms with Gasteiger partial charge in [0.15, 0.2) is 9.84 Å². The number of nitrogens with one attached hydrogen (secondary N) is 1. The quantitative estimate of drug-likeness (QED) is 0.851. The molecule has 0 bridgehead atoms. The van der Waals surface area contributed by atoms with Gasteiger partial charge in [-0.05, 0) is 37.6 Å². The molecule has 1 saturated heterocycles. The van der Waals surface area contributed by atoms with E-state index in [-0.39, 0.29) is 23.5 Å². The van der Waals surface area contributed by atoms with Gasteiger partial charge in [-0.1, -0.05) is 6.07 Å². The normalized spacial score (nSPS) is 19.5. The van der Waals surface area contributed by atoms with Crippen molar-refractivity contribution in [3.8, 4) is 0 Å². The van der Waals surface area contributed by atoms with Gasteiger partial charge in [0, 0.05) is 17.4 Å². The SMILES string of the molecule is Cc1cc(NC(=O)CCCc2cccs2)n([C@@H]2CCS(=O)(=O)C2)n1. The molecular formula is C16H21N3O3S2. The third-order valence-corrected chi connectivity index (χ3v) is 6.77. The Balaban J connectivity index is 1.59. The Bertz CT molecular complexity index is 810. The van der Waals surface area contributed by atoms with Crippen LogP contribution >= 0.6 is 11.3 Å². The van der Waals surface area contributed by atoms with Crippen LogP contribution in [0.1, 0.15) is 35.9 Å². The molecule has 0 radical (unpaired) electrons. The Hall–Kier alpha value is -1.67. The van der Waals surface area contributed by atoms with Gasteiger partial charge in [-0.3, -0.25) is 4.79 Å². The fourth-order valence-electron chi connectivity index (χ4n) is 2.94. The molecule has 2 aromatic heterocycles. The molecule has 1 atom stereocenters. The lowest BCUT2D eigenvalue weighted by Gasteiger charge is -2.13. The maximum absolute atomic E-state index is 12.2. The van der Waals surface area contributed by atoms with E-state index in [2.05, 4.69) is 16.5 Å². The molecule has 6 nitrogen and oxygen atoms in total. The zero-order valence-corrected chi connectivity index (χ0v) is 15.2. The van der Waals surface area contributed by atoms with Crippen LogP contribution in [-0.2, 0) is 21.1 Å². The first-order valence-corrected chi connectivity index (χ1v) is 10.7. The first-order valence-electron chi connectivity index (χ1n) is 8.02. The van der Waals surface area contributed by atoms with Crippen molar-refractivity contribution in [3.05, 3.63) is 34.2 Å². The van der Waals surface area contributed by atoms with E-state index < -0.39 is 9.84 Å². The van der Waals surface area contributed by atoms with Crippen molar-refractivity contribution in [2.45, 2.75) is 38.6 Å². The molecule has 3 heterocycles. The van der Waals surface area contributed by atoms with Gasteiger partial charge in [-0.15, -0.1) is 11.3 Å². The lowest BCUT2D eigenvalue weighted by atomic mass is 10.2. The first kappa shape index (κ1) is 17.2. The topological polar surface area (TPSA) is 81.1 Å². The highest BCUT2D eigenvalue weighted by Crippen LogP contribution is 2.27. The van der Waals surface area contributed by atoms with Crippen LogP contribution in [-0.4, -0.2) is 35.6 Å². The van der Waals surface area contributed by atoms with Crippen molar-refractivity contribution in [3.63, 3.8) is 0 Å². The minimum Gasteiger partial charge on any atom is -0.311 e. The highest BCUT2D eigenvalue weighted by atomic mass is 32.2. The summed E-state index contributed by atoms with van der Waals surface area (Å²) in [5.41, 5.74) is 0.771.